The van der Waals surface area contributed by atoms with E-state index < -0.39 is 0 Å². The topological polar surface area (TPSA) is 17.8 Å². The highest BCUT2D eigenvalue weighted by atomic mass is 79.9. The highest BCUT2D eigenvalue weighted by Crippen LogP contribution is 2.22. The maximum absolute atomic E-state index is 4.15. The normalized spacial score (nSPS) is 12.5. The van der Waals surface area contributed by atoms with Crippen LogP contribution in [0.5, 0.6) is 0 Å². The van der Waals surface area contributed by atoms with Gasteiger partial charge in [-0.05, 0) is 23.3 Å². The van der Waals surface area contributed by atoms with Crippen molar-refractivity contribution in [2.24, 2.45) is 0 Å². The first-order valence-electron chi connectivity index (χ1n) is 7.84. The van der Waals surface area contributed by atoms with Gasteiger partial charge in [-0.25, -0.2) is 4.98 Å². The molecule has 0 aliphatic carbocycles. The van der Waals surface area contributed by atoms with Crippen molar-refractivity contribution in [2.45, 2.75) is 17.5 Å². The average Bonchev–Trinajstić information content (AvgIpc) is 3.13. The van der Waals surface area contributed by atoms with Crippen LogP contribution in [0.2, 0.25) is 0 Å². The summed E-state index contributed by atoms with van der Waals surface area (Å²) in [6, 6.07) is 19.0. The smallest absolute Gasteiger partial charge is 0.0946 e. The lowest BCUT2D eigenvalue weighted by Gasteiger charge is -2.13. The Morgan fingerprint density at radius 2 is 1.88 bits per heavy atom. The van der Waals surface area contributed by atoms with E-state index >= 15 is 0 Å². The van der Waals surface area contributed by atoms with Gasteiger partial charge in [0.15, 0.2) is 0 Å². The first-order valence-corrected chi connectivity index (χ1v) is 9.69. The van der Waals surface area contributed by atoms with E-state index in [2.05, 4.69) is 86.2 Å². The molecular formula is C20H19BrN2S. The van der Waals surface area contributed by atoms with Gasteiger partial charge >= 0.3 is 0 Å². The highest BCUT2D eigenvalue weighted by molar-refractivity contribution is 9.10. The Balaban J connectivity index is 1.67. The van der Waals surface area contributed by atoms with Crippen LogP contribution < -0.4 is 0 Å². The molecule has 2 aromatic carbocycles. The monoisotopic (exact) mass is 398 g/mol. The molecule has 2 nitrogen and oxygen atoms in total. The Morgan fingerprint density at radius 1 is 1.08 bits per heavy atom. The molecular weight excluding hydrogens is 380 g/mol. The number of hydrogen-bond donors (Lipinski definition) is 0. The number of rotatable bonds is 7. The lowest BCUT2D eigenvalue weighted by molar-refractivity contribution is 0.720. The van der Waals surface area contributed by atoms with Crippen LogP contribution in [0.25, 0.3) is 6.08 Å². The number of benzene rings is 2. The molecule has 3 aromatic rings. The van der Waals surface area contributed by atoms with Crippen molar-refractivity contribution in [3.8, 4) is 0 Å². The van der Waals surface area contributed by atoms with Gasteiger partial charge in [0.05, 0.1) is 6.33 Å². The summed E-state index contributed by atoms with van der Waals surface area (Å²) in [5.41, 5.74) is 2.57. The molecule has 0 amide bonds. The second-order valence-corrected chi connectivity index (χ2v) is 7.65. The standard InChI is InChI=1S/C20H19BrN2S/c21-19-9-6-18(7-10-19)15-24-20(14-23-13-12-22-16-23)11-8-17-4-2-1-3-5-17/h1-13,16,20H,14-15H2/b11-8+. The molecule has 0 N–H and O–H groups in total. The van der Waals surface area contributed by atoms with Crippen molar-refractivity contribution < 1.29 is 0 Å². The summed E-state index contributed by atoms with van der Waals surface area (Å²) in [6.07, 6.45) is 10.2. The molecule has 1 aromatic heterocycles. The van der Waals surface area contributed by atoms with Crippen molar-refractivity contribution in [3.05, 3.63) is 95.0 Å². The first-order chi connectivity index (χ1) is 11.8. The second-order valence-electron chi connectivity index (χ2n) is 5.51. The molecule has 4 heteroatoms. The maximum atomic E-state index is 4.15. The van der Waals surface area contributed by atoms with Crippen LogP contribution in [0, 0.1) is 0 Å². The van der Waals surface area contributed by atoms with Gasteiger partial charge in [-0.1, -0.05) is 70.5 Å². The lowest BCUT2D eigenvalue weighted by Crippen LogP contribution is -2.09. The Bertz CT molecular complexity index is 752. The van der Waals surface area contributed by atoms with Crippen LogP contribution in [-0.4, -0.2) is 14.8 Å². The summed E-state index contributed by atoms with van der Waals surface area (Å²) < 4.78 is 3.25. The summed E-state index contributed by atoms with van der Waals surface area (Å²) in [5.74, 6) is 0.992. The molecule has 0 aliphatic heterocycles. The Labute approximate surface area is 155 Å². The molecule has 1 atom stereocenters. The van der Waals surface area contributed by atoms with Crippen molar-refractivity contribution in [2.75, 3.05) is 0 Å². The third kappa shape index (κ3) is 5.39. The van der Waals surface area contributed by atoms with E-state index in [-0.39, 0.29) is 0 Å². The predicted octanol–water partition coefficient (Wildman–Crippen LogP) is 5.66. The van der Waals surface area contributed by atoms with E-state index in [0.717, 1.165) is 16.8 Å². The lowest BCUT2D eigenvalue weighted by atomic mass is 10.2. The van der Waals surface area contributed by atoms with Crippen LogP contribution in [0.1, 0.15) is 11.1 Å². The van der Waals surface area contributed by atoms with Gasteiger partial charge in [0.1, 0.15) is 0 Å². The van der Waals surface area contributed by atoms with Crippen molar-refractivity contribution in [1.29, 1.82) is 0 Å². The number of imidazole rings is 1. The molecule has 1 heterocycles. The third-order valence-electron chi connectivity index (χ3n) is 3.63. The van der Waals surface area contributed by atoms with Gasteiger partial charge in [0.2, 0.25) is 0 Å². The number of halogens is 1. The molecule has 0 aliphatic rings. The minimum Gasteiger partial charge on any atom is -0.336 e. The van der Waals surface area contributed by atoms with E-state index in [1.165, 1.54) is 11.1 Å². The number of nitrogens with zero attached hydrogens (tertiary/aromatic N) is 2. The predicted molar refractivity (Wildman–Crippen MR) is 107 cm³/mol. The van der Waals surface area contributed by atoms with Crippen LogP contribution in [0.3, 0.4) is 0 Å². The maximum Gasteiger partial charge on any atom is 0.0946 e. The highest BCUT2D eigenvalue weighted by Gasteiger charge is 2.07. The van der Waals surface area contributed by atoms with Gasteiger partial charge in [-0.2, -0.15) is 0 Å². The van der Waals surface area contributed by atoms with Crippen molar-refractivity contribution >= 4 is 33.8 Å². The van der Waals surface area contributed by atoms with Gasteiger partial charge in [0.25, 0.3) is 0 Å². The van der Waals surface area contributed by atoms with Gasteiger partial charge < -0.3 is 4.57 Å². The molecule has 0 saturated carbocycles. The fraction of sp³-hybridized carbons (Fsp3) is 0.150. The summed E-state index contributed by atoms with van der Waals surface area (Å²) in [5, 5.41) is 0.392. The Hall–Kier alpha value is -1.78. The molecule has 24 heavy (non-hydrogen) atoms. The summed E-state index contributed by atoms with van der Waals surface area (Å²) in [7, 11) is 0. The summed E-state index contributed by atoms with van der Waals surface area (Å²) in [4.78, 5) is 4.15. The van der Waals surface area contributed by atoms with E-state index in [4.69, 9.17) is 0 Å². The SMILES string of the molecule is Brc1ccc(CSC(/C=C/c2ccccc2)Cn2ccnc2)cc1. The number of aromatic nitrogens is 2. The van der Waals surface area contributed by atoms with E-state index in [1.807, 2.05) is 36.5 Å². The minimum absolute atomic E-state index is 0.392. The van der Waals surface area contributed by atoms with Gasteiger partial charge in [-0.3, -0.25) is 0 Å². The average molecular weight is 399 g/mol. The van der Waals surface area contributed by atoms with Crippen LogP contribution in [-0.2, 0) is 12.3 Å². The van der Waals surface area contributed by atoms with Crippen LogP contribution >= 0.6 is 27.7 Å². The fourth-order valence-corrected chi connectivity index (χ4v) is 3.67. The molecule has 0 spiro atoms. The zero-order valence-electron chi connectivity index (χ0n) is 13.3. The molecule has 0 fully saturated rings. The fourth-order valence-electron chi connectivity index (χ4n) is 2.34. The van der Waals surface area contributed by atoms with Crippen LogP contribution in [0.4, 0.5) is 0 Å². The number of thioether (sulfide) groups is 1. The Morgan fingerprint density at radius 3 is 2.58 bits per heavy atom. The quantitative estimate of drug-likeness (QED) is 0.510. The zero-order chi connectivity index (χ0) is 16.6. The van der Waals surface area contributed by atoms with E-state index in [0.29, 0.717) is 5.25 Å². The van der Waals surface area contributed by atoms with Crippen molar-refractivity contribution in [3.63, 3.8) is 0 Å². The number of hydrogen-bond acceptors (Lipinski definition) is 2. The molecule has 0 bridgehead atoms. The minimum atomic E-state index is 0.392. The third-order valence-corrected chi connectivity index (χ3v) is 5.39. The van der Waals surface area contributed by atoms with E-state index in [1.54, 1.807) is 0 Å². The Kier molecular flexibility index (Phi) is 6.33. The van der Waals surface area contributed by atoms with E-state index in [9.17, 15) is 0 Å². The van der Waals surface area contributed by atoms with Crippen molar-refractivity contribution in [1.82, 2.24) is 9.55 Å². The molecule has 122 valence electrons. The summed E-state index contributed by atoms with van der Waals surface area (Å²) in [6.45, 7) is 0.921. The largest absolute Gasteiger partial charge is 0.336 e. The van der Waals surface area contributed by atoms with Gasteiger partial charge in [-0.15, -0.1) is 11.8 Å². The zero-order valence-corrected chi connectivity index (χ0v) is 15.7. The van der Waals surface area contributed by atoms with Crippen LogP contribution in [0.15, 0.2) is 83.9 Å². The van der Waals surface area contributed by atoms with Gasteiger partial charge in [0, 0.05) is 34.4 Å². The molecule has 3 rings (SSSR count). The summed E-state index contributed by atoms with van der Waals surface area (Å²) >= 11 is 5.44. The molecule has 0 saturated heterocycles. The second kappa shape index (κ2) is 8.90. The molecule has 1 unspecified atom stereocenters. The molecule has 0 radical (unpaired) electrons. The first kappa shape index (κ1) is 17.1.